The molecule has 0 aliphatic rings. The van der Waals surface area contributed by atoms with Crippen LogP contribution in [-0.4, -0.2) is 22.6 Å². The Morgan fingerprint density at radius 1 is 1.53 bits per heavy atom. The standard InChI is InChI=1S/C12H17ClN2O2/c1-3-8(4-2)7-15-11-10(13)9(12(16)17)5-6-14-11/h5-6,8H,3-4,7H2,1-2H3,(H,14,15)(H,16,17). The van der Waals surface area contributed by atoms with Gasteiger partial charge in [0.1, 0.15) is 5.82 Å². The van der Waals surface area contributed by atoms with Gasteiger partial charge in [0, 0.05) is 12.7 Å². The second-order valence-corrected chi connectivity index (χ2v) is 4.27. The molecule has 0 spiro atoms. The fourth-order valence-corrected chi connectivity index (χ4v) is 1.81. The number of rotatable bonds is 6. The highest BCUT2D eigenvalue weighted by Crippen LogP contribution is 2.24. The van der Waals surface area contributed by atoms with Gasteiger partial charge in [-0.1, -0.05) is 38.3 Å². The van der Waals surface area contributed by atoms with Gasteiger partial charge >= 0.3 is 5.97 Å². The number of hydrogen-bond donors (Lipinski definition) is 2. The van der Waals surface area contributed by atoms with Gasteiger partial charge in [-0.2, -0.15) is 0 Å². The lowest BCUT2D eigenvalue weighted by Gasteiger charge is -2.14. The summed E-state index contributed by atoms with van der Waals surface area (Å²) in [7, 11) is 0. The molecule has 1 heterocycles. The number of carboxylic acid groups (broad SMARTS) is 1. The van der Waals surface area contributed by atoms with E-state index in [1.54, 1.807) is 0 Å². The monoisotopic (exact) mass is 256 g/mol. The van der Waals surface area contributed by atoms with Crippen LogP contribution in [-0.2, 0) is 0 Å². The van der Waals surface area contributed by atoms with Gasteiger partial charge in [-0.3, -0.25) is 0 Å². The molecule has 94 valence electrons. The molecule has 1 aromatic heterocycles. The molecular weight excluding hydrogens is 240 g/mol. The zero-order chi connectivity index (χ0) is 12.8. The van der Waals surface area contributed by atoms with Crippen LogP contribution in [0.2, 0.25) is 5.02 Å². The van der Waals surface area contributed by atoms with Gasteiger partial charge in [0.15, 0.2) is 0 Å². The van der Waals surface area contributed by atoms with Crippen molar-refractivity contribution >= 4 is 23.4 Å². The topological polar surface area (TPSA) is 62.2 Å². The smallest absolute Gasteiger partial charge is 0.337 e. The number of anilines is 1. The summed E-state index contributed by atoms with van der Waals surface area (Å²) < 4.78 is 0. The Hall–Kier alpha value is -1.29. The van der Waals surface area contributed by atoms with E-state index >= 15 is 0 Å². The van der Waals surface area contributed by atoms with Crippen LogP contribution in [0.3, 0.4) is 0 Å². The minimum Gasteiger partial charge on any atom is -0.478 e. The van der Waals surface area contributed by atoms with E-state index in [4.69, 9.17) is 16.7 Å². The largest absolute Gasteiger partial charge is 0.478 e. The third-order valence-corrected chi connectivity index (χ3v) is 3.22. The number of carboxylic acids is 1. The second kappa shape index (κ2) is 6.45. The number of carbonyl (C=O) groups is 1. The first-order valence-electron chi connectivity index (χ1n) is 5.71. The normalized spacial score (nSPS) is 10.6. The highest BCUT2D eigenvalue weighted by atomic mass is 35.5. The summed E-state index contributed by atoms with van der Waals surface area (Å²) in [4.78, 5) is 14.9. The van der Waals surface area contributed by atoms with Crippen molar-refractivity contribution in [3.8, 4) is 0 Å². The van der Waals surface area contributed by atoms with Crippen LogP contribution in [0.1, 0.15) is 37.0 Å². The van der Waals surface area contributed by atoms with Crippen molar-refractivity contribution in [3.63, 3.8) is 0 Å². The molecule has 0 atom stereocenters. The number of halogens is 1. The highest BCUT2D eigenvalue weighted by Gasteiger charge is 2.13. The van der Waals surface area contributed by atoms with Crippen LogP contribution >= 0.6 is 11.6 Å². The molecule has 1 rings (SSSR count). The van der Waals surface area contributed by atoms with Crippen molar-refractivity contribution in [2.75, 3.05) is 11.9 Å². The van der Waals surface area contributed by atoms with Crippen molar-refractivity contribution in [2.45, 2.75) is 26.7 Å². The molecule has 0 amide bonds. The van der Waals surface area contributed by atoms with E-state index in [-0.39, 0.29) is 10.6 Å². The predicted octanol–water partition coefficient (Wildman–Crippen LogP) is 3.28. The first kappa shape index (κ1) is 13.8. The average Bonchev–Trinajstić information content (AvgIpc) is 2.32. The maximum absolute atomic E-state index is 10.9. The number of aromatic carboxylic acids is 1. The van der Waals surface area contributed by atoms with Gasteiger partial charge in [0.2, 0.25) is 0 Å². The lowest BCUT2D eigenvalue weighted by molar-refractivity contribution is 0.0697. The molecule has 0 aromatic carbocycles. The van der Waals surface area contributed by atoms with Gasteiger partial charge in [0.05, 0.1) is 10.6 Å². The number of hydrogen-bond acceptors (Lipinski definition) is 3. The fourth-order valence-electron chi connectivity index (χ4n) is 1.55. The molecule has 0 aliphatic heterocycles. The highest BCUT2D eigenvalue weighted by molar-refractivity contribution is 6.35. The van der Waals surface area contributed by atoms with Crippen molar-refractivity contribution in [1.29, 1.82) is 0 Å². The molecular formula is C12H17ClN2O2. The minimum atomic E-state index is -1.04. The molecule has 0 radical (unpaired) electrons. The summed E-state index contributed by atoms with van der Waals surface area (Å²) in [6.07, 6.45) is 3.59. The molecule has 0 aliphatic carbocycles. The van der Waals surface area contributed by atoms with Crippen molar-refractivity contribution in [3.05, 3.63) is 22.8 Å². The van der Waals surface area contributed by atoms with E-state index in [1.807, 2.05) is 0 Å². The molecule has 0 saturated carbocycles. The number of pyridine rings is 1. The molecule has 17 heavy (non-hydrogen) atoms. The fraction of sp³-hybridized carbons (Fsp3) is 0.500. The van der Waals surface area contributed by atoms with E-state index < -0.39 is 5.97 Å². The zero-order valence-corrected chi connectivity index (χ0v) is 10.8. The molecule has 4 nitrogen and oxygen atoms in total. The summed E-state index contributed by atoms with van der Waals surface area (Å²) in [5, 5.41) is 12.2. The molecule has 0 unspecified atom stereocenters. The average molecular weight is 257 g/mol. The quantitative estimate of drug-likeness (QED) is 0.820. The van der Waals surface area contributed by atoms with E-state index in [9.17, 15) is 4.79 Å². The van der Waals surface area contributed by atoms with Gasteiger partial charge in [-0.25, -0.2) is 9.78 Å². The lowest BCUT2D eigenvalue weighted by atomic mass is 10.0. The molecule has 5 heteroatoms. The third kappa shape index (κ3) is 3.60. The summed E-state index contributed by atoms with van der Waals surface area (Å²) in [5.41, 5.74) is 0.0775. The Morgan fingerprint density at radius 2 is 2.18 bits per heavy atom. The van der Waals surface area contributed by atoms with Gasteiger partial charge in [-0.05, 0) is 12.0 Å². The van der Waals surface area contributed by atoms with Gasteiger partial charge in [0.25, 0.3) is 0 Å². The van der Waals surface area contributed by atoms with Gasteiger partial charge < -0.3 is 10.4 Å². The maximum atomic E-state index is 10.9. The summed E-state index contributed by atoms with van der Waals surface area (Å²) in [6, 6.07) is 1.40. The van der Waals surface area contributed by atoms with E-state index in [0.29, 0.717) is 11.7 Å². The van der Waals surface area contributed by atoms with E-state index in [2.05, 4.69) is 24.1 Å². The lowest BCUT2D eigenvalue weighted by Crippen LogP contribution is -2.14. The van der Waals surface area contributed by atoms with Crippen LogP contribution < -0.4 is 5.32 Å². The summed E-state index contributed by atoms with van der Waals surface area (Å²) in [6.45, 7) is 5.00. The Labute approximate surface area is 106 Å². The van der Waals surface area contributed by atoms with Crippen LogP contribution in [0.5, 0.6) is 0 Å². The number of nitrogens with zero attached hydrogens (tertiary/aromatic N) is 1. The van der Waals surface area contributed by atoms with Crippen LogP contribution in [0, 0.1) is 5.92 Å². The SMILES string of the molecule is CCC(CC)CNc1nccc(C(=O)O)c1Cl. The Balaban J connectivity index is 2.78. The maximum Gasteiger partial charge on any atom is 0.337 e. The van der Waals surface area contributed by atoms with Crippen LogP contribution in [0.25, 0.3) is 0 Å². The molecule has 0 bridgehead atoms. The van der Waals surface area contributed by atoms with Crippen molar-refractivity contribution in [1.82, 2.24) is 4.98 Å². The van der Waals surface area contributed by atoms with Crippen molar-refractivity contribution < 1.29 is 9.90 Å². The minimum absolute atomic E-state index is 0.0775. The Kier molecular flexibility index (Phi) is 5.22. The molecule has 1 aromatic rings. The first-order chi connectivity index (χ1) is 8.10. The first-order valence-corrected chi connectivity index (χ1v) is 6.09. The number of aromatic nitrogens is 1. The van der Waals surface area contributed by atoms with E-state index in [1.165, 1.54) is 12.3 Å². The Morgan fingerprint density at radius 3 is 2.71 bits per heavy atom. The summed E-state index contributed by atoms with van der Waals surface area (Å²) >= 11 is 5.97. The predicted molar refractivity (Wildman–Crippen MR) is 68.8 cm³/mol. The zero-order valence-electron chi connectivity index (χ0n) is 10.0. The molecule has 0 saturated heterocycles. The molecule has 2 N–H and O–H groups in total. The third-order valence-electron chi connectivity index (χ3n) is 2.83. The Bertz CT molecular complexity index is 392. The van der Waals surface area contributed by atoms with Crippen LogP contribution in [0.4, 0.5) is 5.82 Å². The second-order valence-electron chi connectivity index (χ2n) is 3.89. The summed E-state index contributed by atoms with van der Waals surface area (Å²) in [5.74, 6) is -0.0530. The number of nitrogens with one attached hydrogen (secondary N) is 1. The van der Waals surface area contributed by atoms with E-state index in [0.717, 1.165) is 19.4 Å². The molecule has 0 fully saturated rings. The van der Waals surface area contributed by atoms with Crippen LogP contribution in [0.15, 0.2) is 12.3 Å². The van der Waals surface area contributed by atoms with Crippen molar-refractivity contribution in [2.24, 2.45) is 5.92 Å². The van der Waals surface area contributed by atoms with Gasteiger partial charge in [-0.15, -0.1) is 0 Å².